The van der Waals surface area contributed by atoms with Gasteiger partial charge in [-0.05, 0) is 42.8 Å². The molecule has 0 bridgehead atoms. The first kappa shape index (κ1) is 15.1. The summed E-state index contributed by atoms with van der Waals surface area (Å²) < 4.78 is 1.56. The molecule has 6 nitrogen and oxygen atoms in total. The molecule has 23 heavy (non-hydrogen) atoms. The van der Waals surface area contributed by atoms with Gasteiger partial charge in [-0.2, -0.15) is 0 Å². The molecule has 3 rings (SSSR count). The number of phenolic OH excluding ortho intramolecular Hbond substituents is 1. The highest BCUT2D eigenvalue weighted by Crippen LogP contribution is 2.32. The van der Waals surface area contributed by atoms with Crippen LogP contribution in [0.1, 0.15) is 6.42 Å². The molecule has 0 aliphatic carbocycles. The lowest BCUT2D eigenvalue weighted by molar-refractivity contribution is 0.475. The predicted octanol–water partition coefficient (Wildman–Crippen LogP) is 1.70. The first-order chi connectivity index (χ1) is 11.1. The van der Waals surface area contributed by atoms with Gasteiger partial charge in [0.2, 0.25) is 0 Å². The van der Waals surface area contributed by atoms with Gasteiger partial charge in [0.15, 0.2) is 0 Å². The molecule has 2 aromatic heterocycles. The van der Waals surface area contributed by atoms with E-state index < -0.39 is 0 Å². The van der Waals surface area contributed by atoms with Crippen LogP contribution in [0.2, 0.25) is 0 Å². The van der Waals surface area contributed by atoms with Crippen LogP contribution in [0.25, 0.3) is 22.2 Å². The van der Waals surface area contributed by atoms with Gasteiger partial charge >= 0.3 is 0 Å². The van der Waals surface area contributed by atoms with Crippen LogP contribution in [0, 0.1) is 0 Å². The summed E-state index contributed by atoms with van der Waals surface area (Å²) in [7, 11) is 0. The van der Waals surface area contributed by atoms with Gasteiger partial charge in [-0.1, -0.05) is 12.1 Å². The molecule has 6 heteroatoms. The number of benzene rings is 1. The number of nitrogens with two attached hydrogens (primary N) is 2. The van der Waals surface area contributed by atoms with E-state index in [1.807, 2.05) is 12.1 Å². The van der Waals surface area contributed by atoms with Gasteiger partial charge in [-0.3, -0.25) is 9.36 Å². The van der Waals surface area contributed by atoms with Crippen molar-refractivity contribution < 1.29 is 5.11 Å². The molecule has 0 aliphatic heterocycles. The highest BCUT2D eigenvalue weighted by molar-refractivity contribution is 5.99. The number of rotatable bonds is 4. The molecule has 0 amide bonds. The van der Waals surface area contributed by atoms with Crippen LogP contribution < -0.4 is 17.0 Å². The van der Waals surface area contributed by atoms with Crippen molar-refractivity contribution in [1.82, 2.24) is 9.55 Å². The van der Waals surface area contributed by atoms with Crippen LogP contribution >= 0.6 is 0 Å². The lowest BCUT2D eigenvalue weighted by Crippen LogP contribution is -2.26. The van der Waals surface area contributed by atoms with Crippen LogP contribution in [0.4, 0.5) is 5.69 Å². The first-order valence-corrected chi connectivity index (χ1v) is 7.40. The maximum absolute atomic E-state index is 12.7. The first-order valence-electron chi connectivity index (χ1n) is 7.40. The van der Waals surface area contributed by atoms with E-state index in [1.54, 1.807) is 35.0 Å². The third-order valence-electron chi connectivity index (χ3n) is 3.78. The maximum atomic E-state index is 12.7. The second-order valence-corrected chi connectivity index (χ2v) is 5.31. The average molecular weight is 310 g/mol. The fourth-order valence-electron chi connectivity index (χ4n) is 2.73. The largest absolute Gasteiger partial charge is 0.508 e. The van der Waals surface area contributed by atoms with E-state index in [4.69, 9.17) is 11.5 Å². The minimum atomic E-state index is -0.289. The summed E-state index contributed by atoms with van der Waals surface area (Å²) in [4.78, 5) is 17.0. The van der Waals surface area contributed by atoms with Crippen molar-refractivity contribution >= 4 is 16.7 Å². The minimum absolute atomic E-state index is 0.117. The van der Waals surface area contributed by atoms with Crippen molar-refractivity contribution in [2.75, 3.05) is 12.3 Å². The molecular formula is C17H18N4O2. The molecular weight excluding hydrogens is 292 g/mol. The van der Waals surface area contributed by atoms with Crippen molar-refractivity contribution in [3.05, 3.63) is 52.9 Å². The van der Waals surface area contributed by atoms with Gasteiger partial charge in [-0.15, -0.1) is 0 Å². The number of nitrogen functional groups attached to an aromatic ring is 1. The van der Waals surface area contributed by atoms with Crippen LogP contribution in [0.5, 0.6) is 5.75 Å². The number of aryl methyl sites for hydroxylation is 1. The van der Waals surface area contributed by atoms with Gasteiger partial charge in [0.1, 0.15) is 17.1 Å². The molecule has 0 saturated heterocycles. The van der Waals surface area contributed by atoms with E-state index in [9.17, 15) is 9.90 Å². The smallest absolute Gasteiger partial charge is 0.275 e. The Hall–Kier alpha value is -2.86. The standard InChI is InChI=1S/C17H18N4O2/c18-7-3-9-21-16-13(6-2-8-20-16)14(15(19)17(21)23)11-4-1-5-12(22)10-11/h1-2,4-6,8,10,22H,3,7,9,18-19H2. The zero-order chi connectivity index (χ0) is 16.4. The van der Waals surface area contributed by atoms with Gasteiger partial charge in [0, 0.05) is 23.7 Å². The molecule has 0 fully saturated rings. The fourth-order valence-corrected chi connectivity index (χ4v) is 2.73. The summed E-state index contributed by atoms with van der Waals surface area (Å²) >= 11 is 0. The molecule has 5 N–H and O–H groups in total. The Morgan fingerprint density at radius 3 is 2.78 bits per heavy atom. The van der Waals surface area contributed by atoms with Crippen LogP contribution in [0.3, 0.4) is 0 Å². The summed E-state index contributed by atoms with van der Waals surface area (Å²) in [5.41, 5.74) is 13.4. The normalized spacial score (nSPS) is 11.0. The molecule has 0 saturated carbocycles. The highest BCUT2D eigenvalue weighted by atomic mass is 16.3. The molecule has 2 heterocycles. The van der Waals surface area contributed by atoms with E-state index in [2.05, 4.69) is 4.98 Å². The monoisotopic (exact) mass is 310 g/mol. The number of hydrogen-bond acceptors (Lipinski definition) is 5. The Bertz CT molecular complexity index is 918. The van der Waals surface area contributed by atoms with Crippen molar-refractivity contribution in [1.29, 1.82) is 0 Å². The van der Waals surface area contributed by atoms with Gasteiger partial charge in [0.25, 0.3) is 5.56 Å². The van der Waals surface area contributed by atoms with E-state index in [0.717, 1.165) is 5.39 Å². The fraction of sp³-hybridized carbons (Fsp3) is 0.176. The third kappa shape index (κ3) is 2.64. The van der Waals surface area contributed by atoms with E-state index >= 15 is 0 Å². The molecule has 0 aliphatic rings. The summed E-state index contributed by atoms with van der Waals surface area (Å²) in [6, 6.07) is 10.3. The van der Waals surface area contributed by atoms with Crippen molar-refractivity contribution in [3.63, 3.8) is 0 Å². The van der Waals surface area contributed by atoms with E-state index in [0.29, 0.717) is 36.3 Å². The topological polar surface area (TPSA) is 107 Å². The lowest BCUT2D eigenvalue weighted by Gasteiger charge is -2.15. The Kier molecular flexibility index (Phi) is 3.99. The Morgan fingerprint density at radius 1 is 1.22 bits per heavy atom. The van der Waals surface area contributed by atoms with Crippen molar-refractivity contribution in [3.8, 4) is 16.9 Å². The van der Waals surface area contributed by atoms with Gasteiger partial charge in [-0.25, -0.2) is 4.98 Å². The van der Waals surface area contributed by atoms with Gasteiger partial charge in [0.05, 0.1) is 0 Å². The molecule has 0 atom stereocenters. The molecule has 0 unspecified atom stereocenters. The number of anilines is 1. The Balaban J connectivity index is 2.36. The number of pyridine rings is 2. The number of aromatic nitrogens is 2. The van der Waals surface area contributed by atoms with E-state index in [-0.39, 0.29) is 17.0 Å². The summed E-state index contributed by atoms with van der Waals surface area (Å²) in [6.45, 7) is 0.947. The summed E-state index contributed by atoms with van der Waals surface area (Å²) in [5.74, 6) is 0.117. The quantitative estimate of drug-likeness (QED) is 0.680. The zero-order valence-electron chi connectivity index (χ0n) is 12.6. The number of aromatic hydroxyl groups is 1. The molecule has 3 aromatic rings. The van der Waals surface area contributed by atoms with Gasteiger partial charge < -0.3 is 16.6 Å². The predicted molar refractivity (Wildman–Crippen MR) is 91.2 cm³/mol. The maximum Gasteiger partial charge on any atom is 0.275 e. The van der Waals surface area contributed by atoms with Crippen LogP contribution in [0.15, 0.2) is 47.4 Å². The van der Waals surface area contributed by atoms with Crippen LogP contribution in [-0.4, -0.2) is 21.2 Å². The lowest BCUT2D eigenvalue weighted by atomic mass is 10.0. The summed E-state index contributed by atoms with van der Waals surface area (Å²) in [5, 5.41) is 10.5. The van der Waals surface area contributed by atoms with Crippen LogP contribution in [-0.2, 0) is 6.54 Å². The van der Waals surface area contributed by atoms with E-state index in [1.165, 1.54) is 0 Å². The van der Waals surface area contributed by atoms with Crippen molar-refractivity contribution in [2.24, 2.45) is 5.73 Å². The number of hydrogen-bond donors (Lipinski definition) is 3. The Morgan fingerprint density at radius 2 is 2.04 bits per heavy atom. The molecule has 0 spiro atoms. The molecule has 1 aromatic carbocycles. The number of phenols is 1. The third-order valence-corrected chi connectivity index (χ3v) is 3.78. The minimum Gasteiger partial charge on any atom is -0.508 e. The second kappa shape index (κ2) is 6.10. The number of fused-ring (bicyclic) bond motifs is 1. The highest BCUT2D eigenvalue weighted by Gasteiger charge is 2.16. The summed E-state index contributed by atoms with van der Waals surface area (Å²) in [6.07, 6.45) is 2.31. The zero-order valence-corrected chi connectivity index (χ0v) is 12.6. The molecule has 118 valence electrons. The number of nitrogens with zero attached hydrogens (tertiary/aromatic N) is 2. The molecule has 0 radical (unpaired) electrons. The SMILES string of the molecule is NCCCn1c(=O)c(N)c(-c2cccc(O)c2)c2cccnc21. The second-order valence-electron chi connectivity index (χ2n) is 5.31. The Labute approximate surface area is 133 Å². The average Bonchev–Trinajstić information content (AvgIpc) is 2.55. The van der Waals surface area contributed by atoms with Crippen molar-refractivity contribution in [2.45, 2.75) is 13.0 Å².